The Bertz CT molecular complexity index is 380. The highest BCUT2D eigenvalue weighted by Crippen LogP contribution is 2.16. The van der Waals surface area contributed by atoms with E-state index in [1.165, 1.54) is 0 Å². The average Bonchev–Trinajstić information content (AvgIpc) is 2.76. The van der Waals surface area contributed by atoms with Gasteiger partial charge in [0.2, 0.25) is 5.91 Å². The summed E-state index contributed by atoms with van der Waals surface area (Å²) in [6.45, 7) is 5.02. The van der Waals surface area contributed by atoms with Crippen molar-refractivity contribution in [3.63, 3.8) is 0 Å². The lowest BCUT2D eigenvalue weighted by molar-refractivity contribution is -0.124. The van der Waals surface area contributed by atoms with Crippen molar-refractivity contribution < 1.29 is 4.79 Å². The molecule has 0 bridgehead atoms. The Labute approximate surface area is 102 Å². The molecule has 1 saturated heterocycles. The van der Waals surface area contributed by atoms with Gasteiger partial charge in [0.25, 0.3) is 0 Å². The van der Waals surface area contributed by atoms with Crippen molar-refractivity contribution >= 4 is 5.91 Å². The van der Waals surface area contributed by atoms with Crippen molar-refractivity contribution in [3.8, 4) is 0 Å². The van der Waals surface area contributed by atoms with Crippen molar-refractivity contribution in [3.05, 3.63) is 30.1 Å². The molecule has 2 heterocycles. The molecule has 1 aliphatic rings. The minimum Gasteiger partial charge on any atom is -0.348 e. The second-order valence-electron chi connectivity index (χ2n) is 4.71. The average molecular weight is 233 g/mol. The molecule has 3 atom stereocenters. The second-order valence-corrected chi connectivity index (χ2v) is 4.71. The van der Waals surface area contributed by atoms with Crippen LogP contribution in [0.25, 0.3) is 0 Å². The summed E-state index contributed by atoms with van der Waals surface area (Å²) in [6, 6.07) is 3.82. The maximum Gasteiger partial charge on any atom is 0.237 e. The van der Waals surface area contributed by atoms with E-state index in [4.69, 9.17) is 0 Å². The zero-order valence-corrected chi connectivity index (χ0v) is 10.3. The summed E-state index contributed by atoms with van der Waals surface area (Å²) in [5, 5.41) is 6.26. The maximum absolute atomic E-state index is 12.0. The van der Waals surface area contributed by atoms with Crippen LogP contribution in [0.15, 0.2) is 24.5 Å². The zero-order chi connectivity index (χ0) is 12.3. The summed E-state index contributed by atoms with van der Waals surface area (Å²) >= 11 is 0. The molecular formula is C13H19N3O. The summed E-state index contributed by atoms with van der Waals surface area (Å²) in [4.78, 5) is 16.1. The molecule has 1 amide bonds. The summed E-state index contributed by atoms with van der Waals surface area (Å²) in [7, 11) is 0. The predicted octanol–water partition coefficient (Wildman–Crippen LogP) is 1.26. The first kappa shape index (κ1) is 12.0. The third-order valence-electron chi connectivity index (χ3n) is 3.36. The van der Waals surface area contributed by atoms with Gasteiger partial charge >= 0.3 is 0 Å². The van der Waals surface area contributed by atoms with Crippen LogP contribution >= 0.6 is 0 Å². The largest absolute Gasteiger partial charge is 0.348 e. The summed E-state index contributed by atoms with van der Waals surface area (Å²) in [5.74, 6) is 0.502. The fourth-order valence-electron chi connectivity index (χ4n) is 2.20. The van der Waals surface area contributed by atoms with Crippen molar-refractivity contribution in [2.75, 3.05) is 6.54 Å². The maximum atomic E-state index is 12.0. The Hall–Kier alpha value is -1.42. The Morgan fingerprint density at radius 3 is 3.06 bits per heavy atom. The van der Waals surface area contributed by atoms with Crippen LogP contribution < -0.4 is 10.6 Å². The zero-order valence-electron chi connectivity index (χ0n) is 10.3. The van der Waals surface area contributed by atoms with Crippen molar-refractivity contribution in [2.24, 2.45) is 5.92 Å². The quantitative estimate of drug-likeness (QED) is 0.826. The molecular weight excluding hydrogens is 214 g/mol. The predicted molar refractivity (Wildman–Crippen MR) is 66.4 cm³/mol. The van der Waals surface area contributed by atoms with Crippen molar-refractivity contribution in [1.82, 2.24) is 15.6 Å². The number of hydrogen-bond acceptors (Lipinski definition) is 3. The Morgan fingerprint density at radius 2 is 2.47 bits per heavy atom. The van der Waals surface area contributed by atoms with Gasteiger partial charge in [0, 0.05) is 12.4 Å². The third-order valence-corrected chi connectivity index (χ3v) is 3.36. The van der Waals surface area contributed by atoms with E-state index in [0.29, 0.717) is 5.92 Å². The van der Waals surface area contributed by atoms with Gasteiger partial charge in [0.1, 0.15) is 0 Å². The van der Waals surface area contributed by atoms with Crippen molar-refractivity contribution in [2.45, 2.75) is 32.4 Å². The van der Waals surface area contributed by atoms with Crippen LogP contribution in [0.2, 0.25) is 0 Å². The fraction of sp³-hybridized carbons (Fsp3) is 0.538. The minimum absolute atomic E-state index is 0.00537. The normalized spacial score (nSPS) is 25.5. The molecule has 0 saturated carbocycles. The smallest absolute Gasteiger partial charge is 0.237 e. The van der Waals surface area contributed by atoms with E-state index in [2.05, 4.69) is 22.5 Å². The number of carbonyl (C=O) groups excluding carboxylic acids is 1. The van der Waals surface area contributed by atoms with E-state index in [1.54, 1.807) is 12.4 Å². The fourth-order valence-corrected chi connectivity index (χ4v) is 2.20. The van der Waals surface area contributed by atoms with Crippen LogP contribution in [0.3, 0.4) is 0 Å². The van der Waals surface area contributed by atoms with Crippen LogP contribution in [-0.4, -0.2) is 23.5 Å². The van der Waals surface area contributed by atoms with Gasteiger partial charge in [-0.25, -0.2) is 0 Å². The number of hydrogen-bond donors (Lipinski definition) is 2. The van der Waals surface area contributed by atoms with Gasteiger partial charge in [-0.2, -0.15) is 0 Å². The molecule has 1 aromatic heterocycles. The number of aromatic nitrogens is 1. The van der Waals surface area contributed by atoms with Crippen LogP contribution in [0.4, 0.5) is 0 Å². The van der Waals surface area contributed by atoms with E-state index in [1.807, 2.05) is 19.1 Å². The number of amides is 1. The van der Waals surface area contributed by atoms with E-state index >= 15 is 0 Å². The number of carbonyl (C=O) groups is 1. The van der Waals surface area contributed by atoms with Crippen LogP contribution in [0, 0.1) is 5.92 Å². The minimum atomic E-state index is -0.0471. The van der Waals surface area contributed by atoms with E-state index in [-0.39, 0.29) is 18.0 Å². The van der Waals surface area contributed by atoms with Crippen LogP contribution in [0.1, 0.15) is 31.9 Å². The van der Waals surface area contributed by atoms with Gasteiger partial charge in [0.05, 0.1) is 12.1 Å². The van der Waals surface area contributed by atoms with Gasteiger partial charge in [-0.1, -0.05) is 13.0 Å². The number of nitrogens with one attached hydrogen (secondary N) is 2. The molecule has 4 nitrogen and oxygen atoms in total. The van der Waals surface area contributed by atoms with Gasteiger partial charge in [-0.15, -0.1) is 0 Å². The lowest BCUT2D eigenvalue weighted by Crippen LogP contribution is -2.44. The van der Waals surface area contributed by atoms with Crippen LogP contribution in [-0.2, 0) is 4.79 Å². The van der Waals surface area contributed by atoms with Gasteiger partial charge < -0.3 is 10.6 Å². The molecule has 92 valence electrons. The lowest BCUT2D eigenvalue weighted by Gasteiger charge is -2.19. The molecule has 1 fully saturated rings. The molecule has 1 aliphatic heterocycles. The molecule has 0 spiro atoms. The molecule has 0 aliphatic carbocycles. The summed E-state index contributed by atoms with van der Waals surface area (Å²) in [6.07, 6.45) is 4.59. The highest BCUT2D eigenvalue weighted by Gasteiger charge is 2.29. The Morgan fingerprint density at radius 1 is 1.65 bits per heavy atom. The monoisotopic (exact) mass is 233 g/mol. The van der Waals surface area contributed by atoms with Gasteiger partial charge in [-0.3, -0.25) is 9.78 Å². The molecule has 2 unspecified atom stereocenters. The Kier molecular flexibility index (Phi) is 3.74. The van der Waals surface area contributed by atoms with Crippen LogP contribution in [0.5, 0.6) is 0 Å². The molecule has 0 aromatic carbocycles. The highest BCUT2D eigenvalue weighted by atomic mass is 16.2. The standard InChI is InChI=1S/C13H19N3O/c1-9-5-7-15-12(9)13(17)16-10(2)11-4-3-6-14-8-11/h3-4,6,8-10,12,15H,5,7H2,1-2H3,(H,16,17)/t9?,10-,12?/m1/s1. The molecule has 17 heavy (non-hydrogen) atoms. The first-order chi connectivity index (χ1) is 8.18. The summed E-state index contributed by atoms with van der Waals surface area (Å²) < 4.78 is 0. The van der Waals surface area contributed by atoms with E-state index < -0.39 is 0 Å². The lowest BCUT2D eigenvalue weighted by atomic mass is 10.0. The first-order valence-electron chi connectivity index (χ1n) is 6.12. The Balaban J connectivity index is 1.95. The molecule has 4 heteroatoms. The third kappa shape index (κ3) is 2.82. The topological polar surface area (TPSA) is 54.0 Å². The number of rotatable bonds is 3. The van der Waals surface area contributed by atoms with Crippen molar-refractivity contribution in [1.29, 1.82) is 0 Å². The van der Waals surface area contributed by atoms with Gasteiger partial charge in [0.15, 0.2) is 0 Å². The number of nitrogens with zero attached hydrogens (tertiary/aromatic N) is 1. The van der Waals surface area contributed by atoms with E-state index in [9.17, 15) is 4.79 Å². The first-order valence-corrected chi connectivity index (χ1v) is 6.12. The van der Waals surface area contributed by atoms with Gasteiger partial charge in [-0.05, 0) is 37.4 Å². The molecule has 1 aromatic rings. The molecule has 2 rings (SSSR count). The molecule has 2 N–H and O–H groups in total. The summed E-state index contributed by atoms with van der Waals surface area (Å²) in [5.41, 5.74) is 1.03. The van der Waals surface area contributed by atoms with E-state index in [0.717, 1.165) is 18.5 Å². The second kappa shape index (κ2) is 5.27. The number of pyridine rings is 1. The SMILES string of the molecule is CC1CCNC1C(=O)N[C@H](C)c1cccnc1. The highest BCUT2D eigenvalue weighted by molar-refractivity contribution is 5.82. The molecule has 0 radical (unpaired) electrons.